The van der Waals surface area contributed by atoms with Gasteiger partial charge in [-0.25, -0.2) is 9.97 Å². The zero-order valence-corrected chi connectivity index (χ0v) is 17.3. The highest BCUT2D eigenvalue weighted by Gasteiger charge is 2.30. The molecule has 6 heteroatoms. The number of halogens is 1. The number of aromatic nitrogens is 2. The predicted octanol–water partition coefficient (Wildman–Crippen LogP) is 3.92. The Morgan fingerprint density at radius 2 is 1.82 bits per heavy atom. The van der Waals surface area contributed by atoms with E-state index in [0.717, 1.165) is 45.4 Å². The first kappa shape index (κ1) is 19.3. The Kier molecular flexibility index (Phi) is 5.65. The summed E-state index contributed by atoms with van der Waals surface area (Å²) < 4.78 is 0. The first-order valence-corrected chi connectivity index (χ1v) is 10.5. The predicted molar refractivity (Wildman–Crippen MR) is 111 cm³/mol. The smallest absolute Gasteiger partial charge is 0.272 e. The molecule has 2 aliphatic heterocycles. The summed E-state index contributed by atoms with van der Waals surface area (Å²) in [6.07, 6.45) is 3.13. The Morgan fingerprint density at radius 3 is 2.54 bits per heavy atom. The second-order valence-corrected chi connectivity index (χ2v) is 8.49. The number of carbonyl (C=O) groups excluding carboxylic acids is 1. The molecule has 1 fully saturated rings. The fourth-order valence-corrected chi connectivity index (χ4v) is 4.42. The number of hydrogen-bond donors (Lipinski definition) is 0. The minimum atomic E-state index is -0.0337. The van der Waals surface area contributed by atoms with Crippen LogP contribution in [0.4, 0.5) is 0 Å². The molecule has 0 saturated carbocycles. The molecule has 2 aliphatic rings. The Labute approximate surface area is 171 Å². The monoisotopic (exact) mass is 398 g/mol. The Balaban J connectivity index is 1.39. The van der Waals surface area contributed by atoms with E-state index in [1.165, 1.54) is 11.1 Å². The third-order valence-corrected chi connectivity index (χ3v) is 6.07. The number of likely N-dealkylation sites (tertiary alicyclic amines) is 1. The van der Waals surface area contributed by atoms with Crippen LogP contribution in [0, 0.1) is 0 Å². The Hall–Kier alpha value is -1.98. The van der Waals surface area contributed by atoms with Crippen LogP contribution in [0.15, 0.2) is 30.3 Å². The van der Waals surface area contributed by atoms with Gasteiger partial charge in [0.25, 0.3) is 5.91 Å². The van der Waals surface area contributed by atoms with E-state index in [4.69, 9.17) is 11.6 Å². The largest absolute Gasteiger partial charge is 0.337 e. The second kappa shape index (κ2) is 8.18. The third-order valence-electron chi connectivity index (χ3n) is 5.88. The van der Waals surface area contributed by atoms with Gasteiger partial charge in [0.2, 0.25) is 0 Å². The average molecular weight is 399 g/mol. The van der Waals surface area contributed by atoms with Crippen LogP contribution in [0.1, 0.15) is 60.0 Å². The average Bonchev–Trinajstić information content (AvgIpc) is 2.72. The number of hydrogen-bond acceptors (Lipinski definition) is 4. The number of fused-ring (bicyclic) bond motifs is 1. The lowest BCUT2D eigenvalue weighted by atomic mass is 9.95. The lowest BCUT2D eigenvalue weighted by Crippen LogP contribution is -2.48. The fraction of sp³-hybridized carbons (Fsp3) is 0.500. The molecule has 0 aliphatic carbocycles. The number of amides is 1. The molecule has 28 heavy (non-hydrogen) atoms. The lowest BCUT2D eigenvalue weighted by molar-refractivity contribution is 0.0593. The van der Waals surface area contributed by atoms with E-state index in [0.29, 0.717) is 22.7 Å². The molecule has 0 bridgehead atoms. The van der Waals surface area contributed by atoms with Crippen molar-refractivity contribution in [3.05, 3.63) is 58.1 Å². The molecule has 148 valence electrons. The molecule has 1 aromatic carbocycles. The zero-order chi connectivity index (χ0) is 19.7. The molecule has 1 aromatic heterocycles. The zero-order valence-electron chi connectivity index (χ0n) is 16.6. The van der Waals surface area contributed by atoms with Gasteiger partial charge in [-0.1, -0.05) is 49.7 Å². The van der Waals surface area contributed by atoms with Gasteiger partial charge in [0, 0.05) is 44.2 Å². The van der Waals surface area contributed by atoms with Crippen molar-refractivity contribution in [2.45, 2.75) is 51.6 Å². The summed E-state index contributed by atoms with van der Waals surface area (Å²) in [6.45, 7) is 7.66. The van der Waals surface area contributed by atoms with Gasteiger partial charge < -0.3 is 4.90 Å². The lowest BCUT2D eigenvalue weighted by Gasteiger charge is -2.40. The molecule has 2 aromatic rings. The van der Waals surface area contributed by atoms with Gasteiger partial charge in [-0.15, -0.1) is 0 Å². The SMILES string of the molecule is CC(C)c1nc(Cl)cc(C(=O)N2CCC(N3CCc4ccccc4C3)CC2)n1. The van der Waals surface area contributed by atoms with Crippen LogP contribution in [0.2, 0.25) is 5.15 Å². The first-order chi connectivity index (χ1) is 13.5. The van der Waals surface area contributed by atoms with Gasteiger partial charge in [0.15, 0.2) is 0 Å². The fourth-order valence-electron chi connectivity index (χ4n) is 4.23. The topological polar surface area (TPSA) is 49.3 Å². The second-order valence-electron chi connectivity index (χ2n) is 8.10. The molecule has 1 amide bonds. The van der Waals surface area contributed by atoms with Crippen molar-refractivity contribution in [3.8, 4) is 0 Å². The number of piperidine rings is 1. The number of benzene rings is 1. The van der Waals surface area contributed by atoms with Crippen molar-refractivity contribution in [1.29, 1.82) is 0 Å². The van der Waals surface area contributed by atoms with Gasteiger partial charge in [0.05, 0.1) is 0 Å². The molecule has 4 rings (SSSR count). The van der Waals surface area contributed by atoms with Crippen molar-refractivity contribution in [2.24, 2.45) is 0 Å². The summed E-state index contributed by atoms with van der Waals surface area (Å²) in [4.78, 5) is 26.1. The third kappa shape index (κ3) is 4.06. The van der Waals surface area contributed by atoms with Gasteiger partial charge in [-0.3, -0.25) is 9.69 Å². The van der Waals surface area contributed by atoms with E-state index in [1.807, 2.05) is 18.7 Å². The van der Waals surface area contributed by atoms with E-state index >= 15 is 0 Å². The molecule has 0 unspecified atom stereocenters. The summed E-state index contributed by atoms with van der Waals surface area (Å²) in [6, 6.07) is 10.9. The van der Waals surface area contributed by atoms with Gasteiger partial charge >= 0.3 is 0 Å². The van der Waals surface area contributed by atoms with Crippen LogP contribution < -0.4 is 0 Å². The van der Waals surface area contributed by atoms with E-state index in [1.54, 1.807) is 6.07 Å². The van der Waals surface area contributed by atoms with Crippen LogP contribution in [0.5, 0.6) is 0 Å². The van der Waals surface area contributed by atoms with Crippen LogP contribution in [-0.2, 0) is 13.0 Å². The normalized spacial score (nSPS) is 18.4. The standard InChI is InChI=1S/C22H27ClN4O/c1-15(2)21-24-19(13-20(23)25-21)22(28)26-11-8-18(9-12-26)27-10-7-16-5-3-4-6-17(16)14-27/h3-6,13,15,18H,7-12,14H2,1-2H3. The van der Waals surface area contributed by atoms with Crippen molar-refractivity contribution in [3.63, 3.8) is 0 Å². The minimum absolute atomic E-state index is 0.0337. The van der Waals surface area contributed by atoms with Crippen molar-refractivity contribution < 1.29 is 4.79 Å². The van der Waals surface area contributed by atoms with Crippen LogP contribution in [0.3, 0.4) is 0 Å². The Morgan fingerprint density at radius 1 is 1.11 bits per heavy atom. The molecular weight excluding hydrogens is 372 g/mol. The highest BCUT2D eigenvalue weighted by Crippen LogP contribution is 2.25. The maximum atomic E-state index is 12.9. The van der Waals surface area contributed by atoms with Crippen molar-refractivity contribution in [1.82, 2.24) is 19.8 Å². The van der Waals surface area contributed by atoms with Crippen LogP contribution in [-0.4, -0.2) is 51.4 Å². The summed E-state index contributed by atoms with van der Waals surface area (Å²) in [5.41, 5.74) is 3.34. The van der Waals surface area contributed by atoms with E-state index in [2.05, 4.69) is 39.1 Å². The highest BCUT2D eigenvalue weighted by molar-refractivity contribution is 6.29. The molecule has 3 heterocycles. The summed E-state index contributed by atoms with van der Waals surface area (Å²) >= 11 is 6.11. The maximum Gasteiger partial charge on any atom is 0.272 e. The quantitative estimate of drug-likeness (QED) is 0.735. The van der Waals surface area contributed by atoms with Gasteiger partial charge in [0.1, 0.15) is 16.7 Å². The molecule has 0 spiro atoms. The maximum absolute atomic E-state index is 12.9. The summed E-state index contributed by atoms with van der Waals surface area (Å²) in [5.74, 6) is 0.726. The van der Waals surface area contributed by atoms with Crippen molar-refractivity contribution >= 4 is 17.5 Å². The van der Waals surface area contributed by atoms with Crippen LogP contribution >= 0.6 is 11.6 Å². The molecular formula is C22H27ClN4O. The molecule has 0 N–H and O–H groups in total. The number of rotatable bonds is 3. The number of nitrogens with zero attached hydrogens (tertiary/aromatic N) is 4. The van der Waals surface area contributed by atoms with E-state index in [9.17, 15) is 4.79 Å². The molecule has 0 radical (unpaired) electrons. The van der Waals surface area contributed by atoms with Gasteiger partial charge in [-0.2, -0.15) is 0 Å². The first-order valence-electron chi connectivity index (χ1n) is 10.2. The van der Waals surface area contributed by atoms with E-state index < -0.39 is 0 Å². The van der Waals surface area contributed by atoms with Crippen molar-refractivity contribution in [2.75, 3.05) is 19.6 Å². The van der Waals surface area contributed by atoms with Crippen LogP contribution in [0.25, 0.3) is 0 Å². The Bertz CT molecular complexity index is 861. The number of carbonyl (C=O) groups is 1. The van der Waals surface area contributed by atoms with E-state index in [-0.39, 0.29) is 11.8 Å². The molecule has 5 nitrogen and oxygen atoms in total. The molecule has 0 atom stereocenters. The summed E-state index contributed by atoms with van der Waals surface area (Å²) in [5, 5.41) is 0.337. The summed E-state index contributed by atoms with van der Waals surface area (Å²) in [7, 11) is 0. The molecule has 1 saturated heterocycles. The highest BCUT2D eigenvalue weighted by atomic mass is 35.5. The van der Waals surface area contributed by atoms with Gasteiger partial charge in [-0.05, 0) is 30.4 Å². The minimum Gasteiger partial charge on any atom is -0.337 e.